The molecule has 3 nitrogen and oxygen atoms in total. The molecule has 2 aliphatic rings. The number of aromatic hydroxyl groups is 2. The summed E-state index contributed by atoms with van der Waals surface area (Å²) in [7, 11) is 2.74. The lowest BCUT2D eigenvalue weighted by Crippen LogP contribution is -2.12. The number of unbranched alkanes of at least 4 members (excludes halogenated alkanes) is 3. The minimum atomic E-state index is 0.175. The van der Waals surface area contributed by atoms with Crippen LogP contribution in [0.3, 0.4) is 0 Å². The maximum absolute atomic E-state index is 9.58. The van der Waals surface area contributed by atoms with Crippen LogP contribution in [0.25, 0.3) is 11.1 Å². The van der Waals surface area contributed by atoms with Gasteiger partial charge in [-0.2, -0.15) is 0 Å². The first-order chi connectivity index (χ1) is 16.2. The van der Waals surface area contributed by atoms with Crippen LogP contribution < -0.4 is 0 Å². The van der Waals surface area contributed by atoms with Crippen molar-refractivity contribution >= 4 is 17.4 Å². The van der Waals surface area contributed by atoms with Gasteiger partial charge in [-0.1, -0.05) is 74.9 Å². The zero-order chi connectivity index (χ0) is 23.3. The summed E-state index contributed by atoms with van der Waals surface area (Å²) in [4.78, 5) is 0. The lowest BCUT2D eigenvalue weighted by Gasteiger charge is -2.30. The number of rotatable bonds is 10. The molecule has 0 heterocycles. The quantitative estimate of drug-likeness (QED) is 0.260. The van der Waals surface area contributed by atoms with E-state index in [2.05, 4.69) is 9.47 Å². The molecule has 2 aliphatic carbocycles. The first-order valence-electron chi connectivity index (χ1n) is 12.8. The molecule has 2 N–H and O–H groups in total. The monoisotopic (exact) mass is 488 g/mol. The van der Waals surface area contributed by atoms with E-state index in [1.165, 1.54) is 51.4 Å². The Labute approximate surface area is 204 Å². The molecule has 0 aromatic heterocycles. The van der Waals surface area contributed by atoms with Crippen molar-refractivity contribution in [1.82, 2.24) is 0 Å². The molecule has 2 aromatic carbocycles. The summed E-state index contributed by atoms with van der Waals surface area (Å²) < 4.78 is 5.05. The van der Waals surface area contributed by atoms with Crippen LogP contribution in [0.15, 0.2) is 48.5 Å². The largest absolute Gasteiger partial charge is 0.507 e. The maximum Gasteiger partial charge on any atom is 0.123 e. The summed E-state index contributed by atoms with van der Waals surface area (Å²) in [6.07, 6.45) is 19.5. The van der Waals surface area contributed by atoms with Gasteiger partial charge in [-0.3, -0.25) is 0 Å². The Morgan fingerprint density at radius 2 is 1.15 bits per heavy atom. The van der Waals surface area contributed by atoms with Crippen molar-refractivity contribution in [2.24, 2.45) is 0 Å². The van der Waals surface area contributed by atoms with E-state index >= 15 is 0 Å². The topological polar surface area (TPSA) is 49.7 Å². The Balaban J connectivity index is 0.000000194. The Morgan fingerprint density at radius 1 is 0.697 bits per heavy atom. The summed E-state index contributed by atoms with van der Waals surface area (Å²) in [5, 5.41) is 19.2. The third kappa shape index (κ3) is 8.54. The van der Waals surface area contributed by atoms with Gasteiger partial charge in [0.1, 0.15) is 11.5 Å². The van der Waals surface area contributed by atoms with Crippen molar-refractivity contribution in [3.8, 4) is 22.6 Å². The van der Waals surface area contributed by atoms with Gasteiger partial charge in [-0.05, 0) is 68.1 Å². The smallest absolute Gasteiger partial charge is 0.123 e. The molecule has 4 rings (SSSR count). The Kier molecular flexibility index (Phi) is 12.0. The van der Waals surface area contributed by atoms with Crippen molar-refractivity contribution in [2.45, 2.75) is 88.4 Å². The van der Waals surface area contributed by atoms with Gasteiger partial charge in [0, 0.05) is 20.6 Å². The lowest BCUT2D eigenvalue weighted by molar-refractivity contribution is 0.354. The summed E-state index contributed by atoms with van der Waals surface area (Å²) in [5.74, 6) is 0.350. The van der Waals surface area contributed by atoms with Crippen LogP contribution in [-0.4, -0.2) is 34.3 Å². The predicted molar refractivity (Wildman–Crippen MR) is 146 cm³/mol. The molecule has 182 valence electrons. The fourth-order valence-corrected chi connectivity index (χ4v) is 9.51. The van der Waals surface area contributed by atoms with Crippen molar-refractivity contribution in [2.75, 3.05) is 12.8 Å². The first-order valence-corrected chi connectivity index (χ1v) is 15.0. The van der Waals surface area contributed by atoms with Crippen LogP contribution in [0.2, 0.25) is 0 Å². The molecule has 5 heteroatoms. The highest BCUT2D eigenvalue weighted by atomic mass is 31.1. The average Bonchev–Trinajstić information content (AvgIpc) is 3.55. The number of hydrogen-bond donors (Lipinski definition) is 2. The first kappa shape index (κ1) is 26.5. The highest BCUT2D eigenvalue weighted by Crippen LogP contribution is 2.57. The second kappa shape index (κ2) is 15.0. The van der Waals surface area contributed by atoms with Crippen LogP contribution in [0, 0.1) is 0 Å². The van der Waals surface area contributed by atoms with E-state index in [1.54, 1.807) is 68.2 Å². The number of benzene rings is 2. The summed E-state index contributed by atoms with van der Waals surface area (Å²) in [5.41, 5.74) is 3.61. The molecule has 0 spiro atoms. The van der Waals surface area contributed by atoms with E-state index in [0.717, 1.165) is 17.9 Å². The molecule has 2 fully saturated rings. The van der Waals surface area contributed by atoms with Crippen molar-refractivity contribution in [3.05, 3.63) is 48.5 Å². The zero-order valence-electron chi connectivity index (χ0n) is 20.0. The molecule has 1 unspecified atom stereocenters. The SMILES string of the molecule is Oc1ccccc1-c1ccccc1O.POCCCCCCP(C1CCCC1)C1CCCC1. The van der Waals surface area contributed by atoms with Gasteiger partial charge in [0.15, 0.2) is 0 Å². The van der Waals surface area contributed by atoms with Crippen molar-refractivity contribution in [1.29, 1.82) is 0 Å². The Hall–Kier alpha value is -1.14. The summed E-state index contributed by atoms with van der Waals surface area (Å²) in [6, 6.07) is 13.9. The molecule has 2 saturated carbocycles. The molecule has 2 aromatic rings. The van der Waals surface area contributed by atoms with Crippen molar-refractivity contribution < 1.29 is 14.7 Å². The van der Waals surface area contributed by atoms with Crippen LogP contribution in [0.4, 0.5) is 0 Å². The maximum atomic E-state index is 9.58. The molecule has 1 atom stereocenters. The van der Waals surface area contributed by atoms with E-state index in [4.69, 9.17) is 4.52 Å². The molecule has 0 saturated heterocycles. The fourth-order valence-electron chi connectivity index (χ4n) is 5.37. The number of phenols is 2. The lowest BCUT2D eigenvalue weighted by atomic mass is 10.0. The highest BCUT2D eigenvalue weighted by molar-refractivity contribution is 7.59. The van der Waals surface area contributed by atoms with Gasteiger partial charge in [0.05, 0.1) is 6.61 Å². The van der Waals surface area contributed by atoms with Gasteiger partial charge < -0.3 is 14.7 Å². The van der Waals surface area contributed by atoms with Crippen LogP contribution >= 0.6 is 17.4 Å². The molecule has 0 aliphatic heterocycles. The van der Waals surface area contributed by atoms with Gasteiger partial charge in [-0.15, -0.1) is 7.92 Å². The zero-order valence-corrected chi connectivity index (χ0v) is 22.0. The molecule has 33 heavy (non-hydrogen) atoms. The third-order valence-corrected chi connectivity index (χ3v) is 11.1. The van der Waals surface area contributed by atoms with Crippen LogP contribution in [-0.2, 0) is 4.52 Å². The van der Waals surface area contributed by atoms with Crippen LogP contribution in [0.1, 0.15) is 77.0 Å². The standard InChI is InChI=1S/C16H32OP2.C12H10O2/c18-17-13-7-1-2-8-14-19(15-9-3-4-10-15)16-11-5-6-12-16;13-11-7-3-1-5-9(11)10-6-2-4-8-12(10)14/h15-16H,1-14,18H2;1-8,13-14H. The van der Waals surface area contributed by atoms with Crippen LogP contribution in [0.5, 0.6) is 11.5 Å². The van der Waals surface area contributed by atoms with E-state index < -0.39 is 0 Å². The summed E-state index contributed by atoms with van der Waals surface area (Å²) in [6.45, 7) is 0.921. The number of phenolic OH excluding ortho intramolecular Hbond substituents is 2. The second-order valence-corrected chi connectivity index (χ2v) is 12.7. The van der Waals surface area contributed by atoms with E-state index in [9.17, 15) is 10.2 Å². The number of hydrogen-bond acceptors (Lipinski definition) is 3. The third-order valence-electron chi connectivity index (χ3n) is 7.11. The van der Waals surface area contributed by atoms with Gasteiger partial charge >= 0.3 is 0 Å². The van der Waals surface area contributed by atoms with E-state index in [-0.39, 0.29) is 11.5 Å². The second-order valence-electron chi connectivity index (χ2n) is 9.43. The molecular weight excluding hydrogens is 446 g/mol. The number of para-hydroxylation sites is 2. The highest BCUT2D eigenvalue weighted by Gasteiger charge is 2.31. The van der Waals surface area contributed by atoms with E-state index in [0.29, 0.717) is 19.0 Å². The van der Waals surface area contributed by atoms with Crippen molar-refractivity contribution in [3.63, 3.8) is 0 Å². The fraction of sp³-hybridized carbons (Fsp3) is 0.571. The molecule has 0 bridgehead atoms. The molecular formula is C28H42O3P2. The average molecular weight is 489 g/mol. The van der Waals surface area contributed by atoms with Gasteiger partial charge in [0.25, 0.3) is 0 Å². The van der Waals surface area contributed by atoms with Gasteiger partial charge in [0.2, 0.25) is 0 Å². The van der Waals surface area contributed by atoms with E-state index in [1.807, 2.05) is 12.1 Å². The minimum absolute atomic E-state index is 0.175. The predicted octanol–water partition coefficient (Wildman–Crippen LogP) is 8.49. The minimum Gasteiger partial charge on any atom is -0.507 e. The Bertz CT molecular complexity index is 742. The summed E-state index contributed by atoms with van der Waals surface area (Å²) >= 11 is 0. The normalized spacial score (nSPS) is 16.8. The Morgan fingerprint density at radius 3 is 1.61 bits per heavy atom. The molecule has 0 amide bonds. The van der Waals surface area contributed by atoms with Gasteiger partial charge in [-0.25, -0.2) is 0 Å². The molecule has 0 radical (unpaired) electrons.